The molecular weight excluding hydrogens is 314 g/mol. The average molecular weight is 328 g/mol. The molecule has 1 heterocycles. The van der Waals surface area contributed by atoms with E-state index in [0.29, 0.717) is 11.3 Å². The first-order valence-corrected chi connectivity index (χ1v) is 7.31. The van der Waals surface area contributed by atoms with E-state index < -0.39 is 17.5 Å². The van der Waals surface area contributed by atoms with Crippen molar-refractivity contribution in [3.63, 3.8) is 0 Å². The van der Waals surface area contributed by atoms with Crippen molar-refractivity contribution >= 4 is 0 Å². The second kappa shape index (κ2) is 6.72. The van der Waals surface area contributed by atoms with Gasteiger partial charge < -0.3 is 5.11 Å². The lowest BCUT2D eigenvalue weighted by molar-refractivity contribution is 0.145. The highest BCUT2D eigenvalue weighted by molar-refractivity contribution is 5.57. The van der Waals surface area contributed by atoms with Gasteiger partial charge in [0.25, 0.3) is 5.56 Å². The van der Waals surface area contributed by atoms with Gasteiger partial charge in [-0.05, 0) is 36.4 Å². The molecule has 0 amide bonds. The molecule has 1 N–H and O–H groups in total. The SMILES string of the molecule is O=c1ccc(-c2ccc(F)cc2)nn1C[C@@H](O)c1ccccc1F. The summed E-state index contributed by atoms with van der Waals surface area (Å²) in [6.45, 7) is -0.186. The van der Waals surface area contributed by atoms with E-state index in [-0.39, 0.29) is 17.9 Å². The Morgan fingerprint density at radius 1 is 1.00 bits per heavy atom. The Morgan fingerprint density at radius 3 is 2.42 bits per heavy atom. The van der Waals surface area contributed by atoms with E-state index in [1.165, 1.54) is 42.5 Å². The third kappa shape index (κ3) is 3.38. The Kier molecular flexibility index (Phi) is 4.48. The maximum Gasteiger partial charge on any atom is 0.266 e. The number of rotatable bonds is 4. The van der Waals surface area contributed by atoms with Gasteiger partial charge in [0.05, 0.1) is 12.2 Å². The van der Waals surface area contributed by atoms with Crippen LogP contribution in [0.15, 0.2) is 65.5 Å². The third-order valence-electron chi connectivity index (χ3n) is 3.62. The summed E-state index contributed by atoms with van der Waals surface area (Å²) in [7, 11) is 0. The lowest BCUT2D eigenvalue weighted by Gasteiger charge is -2.13. The summed E-state index contributed by atoms with van der Waals surface area (Å²) in [6.07, 6.45) is -1.21. The van der Waals surface area contributed by atoms with Crippen molar-refractivity contribution in [2.24, 2.45) is 0 Å². The Bertz CT molecular complexity index is 907. The molecule has 24 heavy (non-hydrogen) atoms. The Labute approximate surface area is 136 Å². The number of nitrogens with zero attached hydrogens (tertiary/aromatic N) is 2. The number of hydrogen-bond acceptors (Lipinski definition) is 3. The quantitative estimate of drug-likeness (QED) is 0.801. The van der Waals surface area contributed by atoms with Gasteiger partial charge >= 0.3 is 0 Å². The van der Waals surface area contributed by atoms with Crippen molar-refractivity contribution in [3.8, 4) is 11.3 Å². The van der Waals surface area contributed by atoms with Gasteiger partial charge in [-0.1, -0.05) is 18.2 Å². The molecule has 0 spiro atoms. The highest BCUT2D eigenvalue weighted by Gasteiger charge is 2.14. The summed E-state index contributed by atoms with van der Waals surface area (Å²) < 4.78 is 27.8. The summed E-state index contributed by atoms with van der Waals surface area (Å²) in [5.41, 5.74) is 0.760. The third-order valence-corrected chi connectivity index (χ3v) is 3.62. The molecular formula is C18H14F2N2O2. The van der Waals surface area contributed by atoms with Crippen LogP contribution in [-0.2, 0) is 6.54 Å². The van der Waals surface area contributed by atoms with E-state index in [2.05, 4.69) is 5.10 Å². The molecule has 6 heteroatoms. The summed E-state index contributed by atoms with van der Waals surface area (Å²) >= 11 is 0. The van der Waals surface area contributed by atoms with Crippen molar-refractivity contribution in [2.75, 3.05) is 0 Å². The molecule has 1 atom stereocenters. The second-order valence-corrected chi connectivity index (χ2v) is 5.28. The largest absolute Gasteiger partial charge is 0.386 e. The molecule has 3 rings (SSSR count). The van der Waals surface area contributed by atoms with Gasteiger partial charge in [-0.25, -0.2) is 13.5 Å². The highest BCUT2D eigenvalue weighted by Crippen LogP contribution is 2.19. The Morgan fingerprint density at radius 2 is 1.71 bits per heavy atom. The van der Waals surface area contributed by atoms with E-state index in [4.69, 9.17) is 0 Å². The minimum absolute atomic E-state index is 0.0957. The molecule has 1 aromatic heterocycles. The number of aromatic nitrogens is 2. The minimum atomic E-state index is -1.21. The van der Waals surface area contributed by atoms with Gasteiger partial charge in [0, 0.05) is 17.2 Å². The van der Waals surface area contributed by atoms with Crippen LogP contribution in [0.1, 0.15) is 11.7 Å². The van der Waals surface area contributed by atoms with Gasteiger partial charge in [-0.3, -0.25) is 4.79 Å². The molecule has 0 aliphatic rings. The monoisotopic (exact) mass is 328 g/mol. The number of benzene rings is 2. The molecule has 0 fully saturated rings. The summed E-state index contributed by atoms with van der Waals surface area (Å²) in [5.74, 6) is -0.921. The van der Waals surface area contributed by atoms with Crippen LogP contribution in [0.2, 0.25) is 0 Å². The number of halogens is 2. The van der Waals surface area contributed by atoms with Gasteiger partial charge in [0.1, 0.15) is 17.7 Å². The topological polar surface area (TPSA) is 55.1 Å². The summed E-state index contributed by atoms with van der Waals surface area (Å²) in [4.78, 5) is 11.9. The van der Waals surface area contributed by atoms with Crippen LogP contribution < -0.4 is 5.56 Å². The first-order valence-electron chi connectivity index (χ1n) is 7.31. The molecule has 0 saturated carbocycles. The maximum atomic E-state index is 13.7. The molecule has 0 aliphatic heterocycles. The summed E-state index contributed by atoms with van der Waals surface area (Å²) in [6, 6.07) is 14.3. The summed E-state index contributed by atoms with van der Waals surface area (Å²) in [5, 5.41) is 14.4. The molecule has 2 aromatic carbocycles. The van der Waals surface area contributed by atoms with Crippen molar-refractivity contribution in [1.29, 1.82) is 0 Å². The minimum Gasteiger partial charge on any atom is -0.386 e. The fourth-order valence-corrected chi connectivity index (χ4v) is 2.36. The van der Waals surface area contributed by atoms with Crippen LogP contribution >= 0.6 is 0 Å². The molecule has 0 aliphatic carbocycles. The Hall–Kier alpha value is -2.86. The van der Waals surface area contributed by atoms with Crippen molar-refractivity contribution in [1.82, 2.24) is 9.78 Å². The predicted molar refractivity (Wildman–Crippen MR) is 85.3 cm³/mol. The molecule has 3 aromatic rings. The number of aliphatic hydroxyl groups excluding tert-OH is 1. The lowest BCUT2D eigenvalue weighted by Crippen LogP contribution is -2.25. The maximum absolute atomic E-state index is 13.7. The zero-order valence-electron chi connectivity index (χ0n) is 12.6. The first kappa shape index (κ1) is 16.0. The predicted octanol–water partition coefficient (Wildman–Crippen LogP) is 2.92. The van der Waals surface area contributed by atoms with Gasteiger partial charge in [0.15, 0.2) is 0 Å². The van der Waals surface area contributed by atoms with Crippen LogP contribution in [0.25, 0.3) is 11.3 Å². The first-order chi connectivity index (χ1) is 11.5. The van der Waals surface area contributed by atoms with Crippen LogP contribution in [-0.4, -0.2) is 14.9 Å². The van der Waals surface area contributed by atoms with Gasteiger partial charge in [-0.15, -0.1) is 0 Å². The zero-order valence-corrected chi connectivity index (χ0v) is 12.6. The van der Waals surface area contributed by atoms with E-state index >= 15 is 0 Å². The normalized spacial score (nSPS) is 12.1. The average Bonchev–Trinajstić information content (AvgIpc) is 2.58. The highest BCUT2D eigenvalue weighted by atomic mass is 19.1. The molecule has 122 valence electrons. The van der Waals surface area contributed by atoms with Gasteiger partial charge in [0.2, 0.25) is 0 Å². The van der Waals surface area contributed by atoms with Crippen LogP contribution in [0, 0.1) is 11.6 Å². The van der Waals surface area contributed by atoms with Crippen molar-refractivity contribution in [3.05, 3.63) is 88.2 Å². The molecule has 0 bridgehead atoms. The van der Waals surface area contributed by atoms with Crippen molar-refractivity contribution in [2.45, 2.75) is 12.6 Å². The fourth-order valence-electron chi connectivity index (χ4n) is 2.36. The molecule has 0 radical (unpaired) electrons. The van der Waals surface area contributed by atoms with E-state index in [1.54, 1.807) is 18.2 Å². The zero-order chi connectivity index (χ0) is 17.1. The van der Waals surface area contributed by atoms with Gasteiger partial charge in [-0.2, -0.15) is 5.10 Å². The second-order valence-electron chi connectivity index (χ2n) is 5.28. The van der Waals surface area contributed by atoms with Crippen LogP contribution in [0.4, 0.5) is 8.78 Å². The molecule has 4 nitrogen and oxygen atoms in total. The van der Waals surface area contributed by atoms with E-state index in [0.717, 1.165) is 4.68 Å². The van der Waals surface area contributed by atoms with Crippen LogP contribution in [0.5, 0.6) is 0 Å². The standard InChI is InChI=1S/C18H14F2N2O2/c19-13-7-5-12(6-8-13)16-9-10-18(24)22(21-16)11-17(23)14-3-1-2-4-15(14)20/h1-10,17,23H,11H2/t17-/m1/s1. The van der Waals surface area contributed by atoms with E-state index in [9.17, 15) is 18.7 Å². The van der Waals surface area contributed by atoms with Crippen LogP contribution in [0.3, 0.4) is 0 Å². The number of aliphatic hydroxyl groups is 1. The Balaban J connectivity index is 1.91. The molecule has 0 unspecified atom stereocenters. The van der Waals surface area contributed by atoms with Crippen molar-refractivity contribution < 1.29 is 13.9 Å². The number of hydrogen-bond donors (Lipinski definition) is 1. The fraction of sp³-hybridized carbons (Fsp3) is 0.111. The molecule has 0 saturated heterocycles. The smallest absolute Gasteiger partial charge is 0.266 e. The lowest BCUT2D eigenvalue weighted by atomic mass is 10.1. The van der Waals surface area contributed by atoms with E-state index in [1.807, 2.05) is 0 Å².